The summed E-state index contributed by atoms with van der Waals surface area (Å²) in [5.74, 6) is 0. The molecule has 0 rings (SSSR count). The monoisotopic (exact) mass is 155 g/mol. The maximum Gasteiger partial charge on any atom is 0.0686 e. The van der Waals surface area contributed by atoms with Crippen molar-refractivity contribution in [3.8, 4) is 0 Å². The van der Waals surface area contributed by atoms with E-state index in [0.29, 0.717) is 19.8 Å². The quantitative estimate of drug-likeness (QED) is 0.466. The van der Waals surface area contributed by atoms with E-state index in [2.05, 4.69) is 13.2 Å². The standard InChI is InChI=1S/C9H17NO/c1-8(2)4-5-11-7-9(3)6-10/h1,3-7,10H2,2H3. The van der Waals surface area contributed by atoms with Crippen LogP contribution in [0.4, 0.5) is 0 Å². The Bertz CT molecular complexity index is 140. The predicted octanol–water partition coefficient (Wildman–Crippen LogP) is 1.48. The summed E-state index contributed by atoms with van der Waals surface area (Å²) in [4.78, 5) is 0. The van der Waals surface area contributed by atoms with Crippen molar-refractivity contribution in [2.45, 2.75) is 13.3 Å². The molecule has 0 atom stereocenters. The molecule has 64 valence electrons. The van der Waals surface area contributed by atoms with Crippen LogP contribution in [0.5, 0.6) is 0 Å². The number of hydrogen-bond donors (Lipinski definition) is 1. The molecule has 0 saturated heterocycles. The summed E-state index contributed by atoms with van der Waals surface area (Å²) in [5.41, 5.74) is 7.40. The normalized spacial score (nSPS) is 9.64. The minimum absolute atomic E-state index is 0.507. The van der Waals surface area contributed by atoms with Gasteiger partial charge in [0.2, 0.25) is 0 Å². The Morgan fingerprint density at radius 2 is 2.09 bits per heavy atom. The minimum Gasteiger partial charge on any atom is -0.377 e. The molecule has 2 heteroatoms. The second-order valence-electron chi connectivity index (χ2n) is 2.71. The van der Waals surface area contributed by atoms with Gasteiger partial charge in [-0.3, -0.25) is 0 Å². The molecular formula is C9H17NO. The van der Waals surface area contributed by atoms with Crippen LogP contribution < -0.4 is 5.73 Å². The molecule has 0 aromatic rings. The summed E-state index contributed by atoms with van der Waals surface area (Å²) >= 11 is 0. The summed E-state index contributed by atoms with van der Waals surface area (Å²) in [7, 11) is 0. The summed E-state index contributed by atoms with van der Waals surface area (Å²) < 4.78 is 5.26. The van der Waals surface area contributed by atoms with Gasteiger partial charge in [-0.1, -0.05) is 12.2 Å². The topological polar surface area (TPSA) is 35.2 Å². The van der Waals surface area contributed by atoms with Crippen LogP contribution in [0.1, 0.15) is 13.3 Å². The molecule has 0 heterocycles. The third-order valence-corrected chi connectivity index (χ3v) is 1.27. The highest BCUT2D eigenvalue weighted by Gasteiger charge is 1.91. The van der Waals surface area contributed by atoms with Gasteiger partial charge in [-0.05, 0) is 18.9 Å². The van der Waals surface area contributed by atoms with Crippen LogP contribution in [0, 0.1) is 0 Å². The third kappa shape index (κ3) is 7.30. The molecule has 0 amide bonds. The van der Waals surface area contributed by atoms with Gasteiger partial charge in [0.1, 0.15) is 0 Å². The van der Waals surface area contributed by atoms with Crippen LogP contribution in [0.3, 0.4) is 0 Å². The predicted molar refractivity (Wildman–Crippen MR) is 48.4 cm³/mol. The molecule has 2 N–H and O–H groups in total. The maximum atomic E-state index is 5.32. The molecule has 0 fully saturated rings. The van der Waals surface area contributed by atoms with Crippen molar-refractivity contribution in [1.82, 2.24) is 0 Å². The fraction of sp³-hybridized carbons (Fsp3) is 0.556. The van der Waals surface area contributed by atoms with Crippen LogP contribution in [0.15, 0.2) is 24.3 Å². The molecule has 0 aliphatic rings. The minimum atomic E-state index is 0.507. The fourth-order valence-corrected chi connectivity index (χ4v) is 0.522. The Morgan fingerprint density at radius 1 is 1.45 bits per heavy atom. The van der Waals surface area contributed by atoms with Crippen molar-refractivity contribution >= 4 is 0 Å². The van der Waals surface area contributed by atoms with Crippen molar-refractivity contribution in [2.24, 2.45) is 5.73 Å². The van der Waals surface area contributed by atoms with Crippen molar-refractivity contribution in [3.63, 3.8) is 0 Å². The first-order valence-electron chi connectivity index (χ1n) is 3.75. The average Bonchev–Trinajstić information content (AvgIpc) is 1.97. The van der Waals surface area contributed by atoms with E-state index in [1.165, 1.54) is 0 Å². The largest absolute Gasteiger partial charge is 0.377 e. The third-order valence-electron chi connectivity index (χ3n) is 1.27. The molecule has 0 aliphatic carbocycles. The molecule has 0 bridgehead atoms. The second-order valence-corrected chi connectivity index (χ2v) is 2.71. The molecule has 0 spiro atoms. The van der Waals surface area contributed by atoms with Crippen LogP contribution in [-0.4, -0.2) is 19.8 Å². The number of hydrogen-bond acceptors (Lipinski definition) is 2. The summed E-state index contributed by atoms with van der Waals surface area (Å²) in [6, 6.07) is 0. The van der Waals surface area contributed by atoms with E-state index >= 15 is 0 Å². The van der Waals surface area contributed by atoms with E-state index in [1.807, 2.05) is 6.92 Å². The Hall–Kier alpha value is -0.600. The molecule has 0 aromatic carbocycles. The van der Waals surface area contributed by atoms with Gasteiger partial charge in [-0.25, -0.2) is 0 Å². The lowest BCUT2D eigenvalue weighted by atomic mass is 10.2. The zero-order chi connectivity index (χ0) is 8.69. The van der Waals surface area contributed by atoms with E-state index in [9.17, 15) is 0 Å². The van der Waals surface area contributed by atoms with E-state index < -0.39 is 0 Å². The van der Waals surface area contributed by atoms with Crippen LogP contribution >= 0.6 is 0 Å². The molecule has 0 unspecified atom stereocenters. The van der Waals surface area contributed by atoms with Crippen molar-refractivity contribution in [3.05, 3.63) is 24.3 Å². The van der Waals surface area contributed by atoms with Crippen LogP contribution in [-0.2, 0) is 4.74 Å². The zero-order valence-corrected chi connectivity index (χ0v) is 7.23. The highest BCUT2D eigenvalue weighted by molar-refractivity contribution is 4.95. The summed E-state index contributed by atoms with van der Waals surface area (Å²) in [5, 5.41) is 0. The Labute approximate surface area is 68.7 Å². The zero-order valence-electron chi connectivity index (χ0n) is 7.23. The van der Waals surface area contributed by atoms with Gasteiger partial charge in [0.05, 0.1) is 13.2 Å². The van der Waals surface area contributed by atoms with Gasteiger partial charge >= 0.3 is 0 Å². The lowest BCUT2D eigenvalue weighted by Crippen LogP contribution is -2.08. The molecule has 0 aromatic heterocycles. The van der Waals surface area contributed by atoms with Crippen molar-refractivity contribution in [2.75, 3.05) is 19.8 Å². The Morgan fingerprint density at radius 3 is 2.55 bits per heavy atom. The van der Waals surface area contributed by atoms with E-state index in [1.54, 1.807) is 0 Å². The Balaban J connectivity index is 3.14. The average molecular weight is 155 g/mol. The molecule has 11 heavy (non-hydrogen) atoms. The van der Waals surface area contributed by atoms with Gasteiger partial charge < -0.3 is 10.5 Å². The molecular weight excluding hydrogens is 138 g/mol. The Kier molecular flexibility index (Phi) is 5.80. The first-order valence-corrected chi connectivity index (χ1v) is 3.75. The number of rotatable bonds is 6. The fourth-order valence-electron chi connectivity index (χ4n) is 0.522. The van der Waals surface area contributed by atoms with Crippen LogP contribution in [0.25, 0.3) is 0 Å². The van der Waals surface area contributed by atoms with Gasteiger partial charge in [-0.2, -0.15) is 0 Å². The van der Waals surface area contributed by atoms with E-state index in [-0.39, 0.29) is 0 Å². The van der Waals surface area contributed by atoms with Gasteiger partial charge in [-0.15, -0.1) is 6.58 Å². The first-order chi connectivity index (χ1) is 5.16. The lowest BCUT2D eigenvalue weighted by molar-refractivity contribution is 0.159. The molecule has 0 radical (unpaired) electrons. The van der Waals surface area contributed by atoms with E-state index in [4.69, 9.17) is 10.5 Å². The van der Waals surface area contributed by atoms with Gasteiger partial charge in [0, 0.05) is 6.54 Å². The van der Waals surface area contributed by atoms with Crippen molar-refractivity contribution < 1.29 is 4.74 Å². The number of nitrogens with two attached hydrogens (primary N) is 1. The second kappa shape index (κ2) is 6.13. The lowest BCUT2D eigenvalue weighted by Gasteiger charge is -2.04. The highest BCUT2D eigenvalue weighted by atomic mass is 16.5. The van der Waals surface area contributed by atoms with Gasteiger partial charge in [0.25, 0.3) is 0 Å². The SMILES string of the molecule is C=C(C)CCOCC(=C)CN. The summed E-state index contributed by atoms with van der Waals surface area (Å²) in [6.07, 6.45) is 0.915. The van der Waals surface area contributed by atoms with Gasteiger partial charge in [0.15, 0.2) is 0 Å². The number of ether oxygens (including phenoxy) is 1. The molecule has 0 saturated carbocycles. The van der Waals surface area contributed by atoms with E-state index in [0.717, 1.165) is 17.6 Å². The van der Waals surface area contributed by atoms with Crippen LogP contribution in [0.2, 0.25) is 0 Å². The first kappa shape index (κ1) is 10.4. The molecule has 0 aliphatic heterocycles. The smallest absolute Gasteiger partial charge is 0.0686 e. The summed E-state index contributed by atoms with van der Waals surface area (Å²) in [6.45, 7) is 11.3. The highest BCUT2D eigenvalue weighted by Crippen LogP contribution is 1.96. The maximum absolute atomic E-state index is 5.32. The van der Waals surface area contributed by atoms with Crippen molar-refractivity contribution in [1.29, 1.82) is 0 Å². The molecule has 2 nitrogen and oxygen atoms in total.